The van der Waals surface area contributed by atoms with Gasteiger partial charge < -0.3 is 5.32 Å². The van der Waals surface area contributed by atoms with Gasteiger partial charge in [0.15, 0.2) is 5.82 Å². The van der Waals surface area contributed by atoms with E-state index in [1.807, 2.05) is 7.05 Å². The Bertz CT molecular complexity index is 459. The van der Waals surface area contributed by atoms with Gasteiger partial charge in [0.2, 0.25) is 0 Å². The summed E-state index contributed by atoms with van der Waals surface area (Å²) in [5.74, 6) is 3.85. The number of nitrogens with zero attached hydrogens (tertiary/aromatic N) is 4. The zero-order valence-corrected chi connectivity index (χ0v) is 12.5. The molecule has 1 aromatic rings. The van der Waals surface area contributed by atoms with Gasteiger partial charge in [-0.2, -0.15) is 4.80 Å². The van der Waals surface area contributed by atoms with Gasteiger partial charge in [0, 0.05) is 6.04 Å². The summed E-state index contributed by atoms with van der Waals surface area (Å²) in [7, 11) is 1.82. The molecule has 4 bridgehead atoms. The van der Waals surface area contributed by atoms with Crippen molar-refractivity contribution in [3.8, 4) is 0 Å². The van der Waals surface area contributed by atoms with Crippen LogP contribution in [-0.4, -0.2) is 26.2 Å². The SMILES string of the molecule is CC(NCc1nnn(C)n1)C12CC3CC(CC(C3)C1)C2. The lowest BCUT2D eigenvalue weighted by atomic mass is 9.48. The van der Waals surface area contributed by atoms with Gasteiger partial charge in [0.25, 0.3) is 0 Å². The molecule has 4 saturated carbocycles. The Balaban J connectivity index is 1.44. The largest absolute Gasteiger partial charge is 0.307 e. The highest BCUT2D eigenvalue weighted by atomic mass is 15.6. The van der Waals surface area contributed by atoms with E-state index in [-0.39, 0.29) is 0 Å². The minimum absolute atomic E-state index is 0.553. The number of aromatic nitrogens is 4. The molecule has 1 atom stereocenters. The molecule has 4 aliphatic carbocycles. The fourth-order valence-electron chi connectivity index (χ4n) is 5.56. The second-order valence-corrected chi connectivity index (χ2v) is 7.58. The number of hydrogen-bond acceptors (Lipinski definition) is 4. The van der Waals surface area contributed by atoms with Crippen LogP contribution in [0.3, 0.4) is 0 Å². The van der Waals surface area contributed by atoms with E-state index < -0.39 is 0 Å². The molecule has 0 radical (unpaired) electrons. The number of tetrazole rings is 1. The van der Waals surface area contributed by atoms with Crippen LogP contribution in [0.25, 0.3) is 0 Å². The van der Waals surface area contributed by atoms with Crippen molar-refractivity contribution < 1.29 is 0 Å². The summed E-state index contributed by atoms with van der Waals surface area (Å²) < 4.78 is 0. The first-order valence-corrected chi connectivity index (χ1v) is 8.09. The van der Waals surface area contributed by atoms with Crippen molar-refractivity contribution in [2.45, 2.75) is 58.0 Å². The lowest BCUT2D eigenvalue weighted by Crippen LogP contribution is -2.54. The van der Waals surface area contributed by atoms with E-state index in [1.54, 1.807) is 0 Å². The third-order valence-electron chi connectivity index (χ3n) is 6.12. The monoisotopic (exact) mass is 275 g/mol. The Morgan fingerprint density at radius 1 is 1.20 bits per heavy atom. The van der Waals surface area contributed by atoms with Crippen molar-refractivity contribution >= 4 is 0 Å². The highest BCUT2D eigenvalue weighted by Crippen LogP contribution is 2.61. The van der Waals surface area contributed by atoms with E-state index in [1.165, 1.54) is 43.3 Å². The molecule has 0 saturated heterocycles. The van der Waals surface area contributed by atoms with Crippen molar-refractivity contribution in [1.29, 1.82) is 0 Å². The number of rotatable bonds is 4. The van der Waals surface area contributed by atoms with Crippen LogP contribution in [0.1, 0.15) is 51.3 Å². The maximum atomic E-state index is 4.26. The van der Waals surface area contributed by atoms with Crippen molar-refractivity contribution in [2.24, 2.45) is 30.2 Å². The lowest BCUT2D eigenvalue weighted by molar-refractivity contribution is -0.0707. The first-order valence-electron chi connectivity index (χ1n) is 8.09. The number of hydrogen-bond donors (Lipinski definition) is 1. The predicted octanol–water partition coefficient (Wildman–Crippen LogP) is 1.90. The van der Waals surface area contributed by atoms with Crippen LogP contribution in [0.5, 0.6) is 0 Å². The van der Waals surface area contributed by atoms with Crippen LogP contribution in [0.15, 0.2) is 0 Å². The van der Waals surface area contributed by atoms with Crippen molar-refractivity contribution in [1.82, 2.24) is 25.5 Å². The smallest absolute Gasteiger partial charge is 0.188 e. The molecule has 0 amide bonds. The molecule has 1 heterocycles. The van der Waals surface area contributed by atoms with E-state index in [9.17, 15) is 0 Å². The molecule has 0 aliphatic heterocycles. The van der Waals surface area contributed by atoms with Gasteiger partial charge >= 0.3 is 0 Å². The molecule has 1 aromatic heterocycles. The van der Waals surface area contributed by atoms with E-state index >= 15 is 0 Å². The van der Waals surface area contributed by atoms with Gasteiger partial charge in [-0.05, 0) is 73.8 Å². The molecule has 110 valence electrons. The second-order valence-electron chi connectivity index (χ2n) is 7.58. The van der Waals surface area contributed by atoms with Crippen LogP contribution < -0.4 is 5.32 Å². The zero-order chi connectivity index (χ0) is 13.7. The van der Waals surface area contributed by atoms with Crippen molar-refractivity contribution in [3.63, 3.8) is 0 Å². The fraction of sp³-hybridized carbons (Fsp3) is 0.933. The van der Waals surface area contributed by atoms with Gasteiger partial charge in [-0.15, -0.1) is 10.2 Å². The van der Waals surface area contributed by atoms with Crippen LogP contribution in [0, 0.1) is 23.2 Å². The van der Waals surface area contributed by atoms with E-state index in [0.717, 1.165) is 30.1 Å². The van der Waals surface area contributed by atoms with Crippen LogP contribution >= 0.6 is 0 Å². The topological polar surface area (TPSA) is 55.6 Å². The maximum absolute atomic E-state index is 4.26. The zero-order valence-electron chi connectivity index (χ0n) is 12.5. The maximum Gasteiger partial charge on any atom is 0.188 e. The minimum Gasteiger partial charge on any atom is -0.307 e. The summed E-state index contributed by atoms with van der Waals surface area (Å²) in [4.78, 5) is 1.53. The van der Waals surface area contributed by atoms with E-state index in [4.69, 9.17) is 0 Å². The summed E-state index contributed by atoms with van der Waals surface area (Å²) in [6, 6.07) is 0.569. The third kappa shape index (κ3) is 2.07. The molecule has 5 rings (SSSR count). The quantitative estimate of drug-likeness (QED) is 0.912. The summed E-state index contributed by atoms with van der Waals surface area (Å²) in [6.07, 6.45) is 8.87. The van der Waals surface area contributed by atoms with Crippen LogP contribution in [-0.2, 0) is 13.6 Å². The molecule has 0 spiro atoms. The van der Waals surface area contributed by atoms with Crippen molar-refractivity contribution in [3.05, 3.63) is 5.82 Å². The molecule has 20 heavy (non-hydrogen) atoms. The molecule has 1 unspecified atom stereocenters. The molecule has 1 N–H and O–H groups in total. The molecule has 4 aliphatic rings. The first-order chi connectivity index (χ1) is 9.63. The third-order valence-corrected chi connectivity index (χ3v) is 6.12. The van der Waals surface area contributed by atoms with Gasteiger partial charge in [-0.3, -0.25) is 0 Å². The molecule has 5 heteroatoms. The Morgan fingerprint density at radius 2 is 1.80 bits per heavy atom. The minimum atomic E-state index is 0.553. The molecular weight excluding hydrogens is 250 g/mol. The summed E-state index contributed by atoms with van der Waals surface area (Å²) in [5, 5.41) is 15.9. The van der Waals surface area contributed by atoms with Gasteiger partial charge in [-0.1, -0.05) is 0 Å². The Labute approximate surface area is 120 Å². The normalized spacial score (nSPS) is 40.2. The van der Waals surface area contributed by atoms with Crippen LogP contribution in [0.2, 0.25) is 0 Å². The second kappa shape index (κ2) is 4.52. The molecule has 4 fully saturated rings. The summed E-state index contributed by atoms with van der Waals surface area (Å²) in [5.41, 5.74) is 0.553. The molecular formula is C15H25N5. The Morgan fingerprint density at radius 3 is 2.30 bits per heavy atom. The summed E-state index contributed by atoms with van der Waals surface area (Å²) >= 11 is 0. The standard InChI is InChI=1S/C15H25N5/c1-10(16-9-14-17-19-20(2)18-14)15-6-11-3-12(7-15)5-13(4-11)8-15/h10-13,16H,3-9H2,1-2H3. The number of nitrogens with one attached hydrogen (secondary N) is 1. The first kappa shape index (κ1) is 12.7. The highest BCUT2D eigenvalue weighted by molar-refractivity contribution is 5.05. The molecule has 0 aromatic carbocycles. The number of aryl methyl sites for hydroxylation is 1. The van der Waals surface area contributed by atoms with Crippen molar-refractivity contribution in [2.75, 3.05) is 0 Å². The fourth-order valence-corrected chi connectivity index (χ4v) is 5.56. The molecule has 5 nitrogen and oxygen atoms in total. The lowest BCUT2D eigenvalue weighted by Gasteiger charge is -2.59. The van der Waals surface area contributed by atoms with Gasteiger partial charge in [-0.25, -0.2) is 0 Å². The average molecular weight is 275 g/mol. The predicted molar refractivity (Wildman–Crippen MR) is 75.7 cm³/mol. The summed E-state index contributed by atoms with van der Waals surface area (Å²) in [6.45, 7) is 3.13. The van der Waals surface area contributed by atoms with E-state index in [0.29, 0.717) is 11.5 Å². The Hall–Kier alpha value is -0.970. The van der Waals surface area contributed by atoms with Gasteiger partial charge in [0.1, 0.15) is 0 Å². The highest BCUT2D eigenvalue weighted by Gasteiger charge is 2.52. The van der Waals surface area contributed by atoms with E-state index in [2.05, 4.69) is 27.7 Å². The van der Waals surface area contributed by atoms with Crippen LogP contribution in [0.4, 0.5) is 0 Å². The Kier molecular flexibility index (Phi) is 2.88. The average Bonchev–Trinajstić information content (AvgIpc) is 2.80. The van der Waals surface area contributed by atoms with Gasteiger partial charge in [0.05, 0.1) is 13.6 Å².